The molecule has 1 aliphatic rings. The molecule has 1 aliphatic heterocycles. The van der Waals surface area contributed by atoms with Gasteiger partial charge in [0.1, 0.15) is 0 Å². The van der Waals surface area contributed by atoms with Crippen molar-refractivity contribution in [3.8, 4) is 0 Å². The normalized spacial score (nSPS) is 21.1. The van der Waals surface area contributed by atoms with Crippen LogP contribution in [0.3, 0.4) is 0 Å². The van der Waals surface area contributed by atoms with Crippen molar-refractivity contribution < 1.29 is 0 Å². The maximum absolute atomic E-state index is 10.2. The molecule has 0 aliphatic carbocycles. The van der Waals surface area contributed by atoms with Gasteiger partial charge in [-0.25, -0.2) is 0 Å². The number of piperidine rings is 1. The van der Waals surface area contributed by atoms with Crippen LogP contribution in [0, 0.1) is 4.91 Å². The molecular formula is C8H15ClN2O. The summed E-state index contributed by atoms with van der Waals surface area (Å²) in [6, 6.07) is 0.0669. The van der Waals surface area contributed by atoms with Crippen LogP contribution in [0.5, 0.6) is 0 Å². The Balaban J connectivity index is 2.12. The summed E-state index contributed by atoms with van der Waals surface area (Å²) in [5, 5.41) is 3.06. The van der Waals surface area contributed by atoms with Gasteiger partial charge in [0.15, 0.2) is 0 Å². The molecule has 0 aromatic heterocycles. The van der Waals surface area contributed by atoms with Crippen molar-refractivity contribution in [2.45, 2.75) is 25.3 Å². The Morgan fingerprint density at radius 3 is 2.58 bits per heavy atom. The first-order valence-corrected chi connectivity index (χ1v) is 5.01. The average Bonchev–Trinajstić information content (AvgIpc) is 2.15. The van der Waals surface area contributed by atoms with Gasteiger partial charge in [0.2, 0.25) is 0 Å². The average molecular weight is 191 g/mol. The Morgan fingerprint density at radius 1 is 1.42 bits per heavy atom. The molecule has 4 heteroatoms. The molecule has 0 unspecified atom stereocenters. The molecule has 0 amide bonds. The van der Waals surface area contributed by atoms with Crippen molar-refractivity contribution in [1.82, 2.24) is 4.90 Å². The maximum atomic E-state index is 10.2. The highest BCUT2D eigenvalue weighted by molar-refractivity contribution is 6.17. The predicted octanol–water partition coefficient (Wildman–Crippen LogP) is 1.85. The van der Waals surface area contributed by atoms with Gasteiger partial charge in [-0.1, -0.05) is 5.18 Å². The molecule has 0 aromatic rings. The summed E-state index contributed by atoms with van der Waals surface area (Å²) in [6.07, 6.45) is 2.89. The Bertz CT molecular complexity index is 135. The molecule has 3 nitrogen and oxygen atoms in total. The second kappa shape index (κ2) is 5.49. The van der Waals surface area contributed by atoms with Crippen LogP contribution >= 0.6 is 11.6 Å². The van der Waals surface area contributed by atoms with Crippen molar-refractivity contribution in [3.63, 3.8) is 0 Å². The number of nitroso groups, excluding NO2 is 1. The van der Waals surface area contributed by atoms with Gasteiger partial charge in [-0.3, -0.25) is 0 Å². The Hall–Kier alpha value is -0.150. The van der Waals surface area contributed by atoms with Gasteiger partial charge in [-0.2, -0.15) is 4.91 Å². The smallest absolute Gasteiger partial charge is 0.0944 e. The molecule has 70 valence electrons. The van der Waals surface area contributed by atoms with Crippen molar-refractivity contribution >= 4 is 11.6 Å². The van der Waals surface area contributed by atoms with Crippen molar-refractivity contribution in [3.05, 3.63) is 4.91 Å². The van der Waals surface area contributed by atoms with Gasteiger partial charge in [-0.05, 0) is 25.8 Å². The second-order valence-corrected chi connectivity index (χ2v) is 3.60. The van der Waals surface area contributed by atoms with E-state index >= 15 is 0 Å². The molecular weight excluding hydrogens is 176 g/mol. The van der Waals surface area contributed by atoms with Crippen LogP contribution in [0.2, 0.25) is 0 Å². The Morgan fingerprint density at radius 2 is 2.08 bits per heavy atom. The van der Waals surface area contributed by atoms with Crippen molar-refractivity contribution in [2.75, 3.05) is 25.5 Å². The van der Waals surface area contributed by atoms with E-state index in [2.05, 4.69) is 10.1 Å². The van der Waals surface area contributed by atoms with E-state index in [9.17, 15) is 4.91 Å². The lowest BCUT2D eigenvalue weighted by Crippen LogP contribution is -2.35. The Kier molecular flexibility index (Phi) is 4.54. The van der Waals surface area contributed by atoms with Gasteiger partial charge in [0.25, 0.3) is 0 Å². The summed E-state index contributed by atoms with van der Waals surface area (Å²) in [6.45, 7) is 3.08. The van der Waals surface area contributed by atoms with E-state index in [4.69, 9.17) is 11.6 Å². The van der Waals surface area contributed by atoms with E-state index in [1.165, 1.54) is 0 Å². The van der Waals surface area contributed by atoms with E-state index in [1.54, 1.807) is 0 Å². The van der Waals surface area contributed by atoms with Crippen molar-refractivity contribution in [2.24, 2.45) is 5.18 Å². The zero-order valence-electron chi connectivity index (χ0n) is 7.21. The predicted molar refractivity (Wildman–Crippen MR) is 50.6 cm³/mol. The third kappa shape index (κ3) is 3.07. The number of rotatable bonds is 4. The summed E-state index contributed by atoms with van der Waals surface area (Å²) >= 11 is 5.58. The largest absolute Gasteiger partial charge is 0.303 e. The van der Waals surface area contributed by atoms with E-state index in [-0.39, 0.29) is 6.04 Å². The third-order valence-corrected chi connectivity index (χ3v) is 2.58. The fourth-order valence-corrected chi connectivity index (χ4v) is 1.65. The van der Waals surface area contributed by atoms with Crippen LogP contribution < -0.4 is 0 Å². The minimum atomic E-state index is 0.0669. The zero-order chi connectivity index (χ0) is 8.81. The second-order valence-electron chi connectivity index (χ2n) is 3.22. The van der Waals surface area contributed by atoms with Crippen LogP contribution in [0.25, 0.3) is 0 Å². The highest BCUT2D eigenvalue weighted by atomic mass is 35.5. The van der Waals surface area contributed by atoms with Crippen LogP contribution in [0.15, 0.2) is 5.18 Å². The molecule has 1 rings (SSSR count). The lowest BCUT2D eigenvalue weighted by atomic mass is 10.1. The molecule has 12 heavy (non-hydrogen) atoms. The van der Waals surface area contributed by atoms with Crippen molar-refractivity contribution in [1.29, 1.82) is 0 Å². The molecule has 1 heterocycles. The number of likely N-dealkylation sites (tertiary alicyclic amines) is 1. The fraction of sp³-hybridized carbons (Fsp3) is 1.00. The van der Waals surface area contributed by atoms with Crippen LogP contribution in [0.1, 0.15) is 19.3 Å². The van der Waals surface area contributed by atoms with Crippen LogP contribution in [-0.4, -0.2) is 36.5 Å². The number of hydrogen-bond acceptors (Lipinski definition) is 3. The van der Waals surface area contributed by atoms with Gasteiger partial charge in [0.05, 0.1) is 6.04 Å². The molecule has 0 N–H and O–H groups in total. The molecule has 0 radical (unpaired) electrons. The SMILES string of the molecule is O=NC1CCN(CCCCl)CC1. The zero-order valence-corrected chi connectivity index (χ0v) is 7.96. The number of halogens is 1. The molecule has 0 atom stereocenters. The van der Waals surface area contributed by atoms with E-state index in [0.29, 0.717) is 0 Å². The van der Waals surface area contributed by atoms with Gasteiger partial charge >= 0.3 is 0 Å². The van der Waals surface area contributed by atoms with E-state index in [1.807, 2.05) is 0 Å². The lowest BCUT2D eigenvalue weighted by Gasteiger charge is -2.28. The minimum Gasteiger partial charge on any atom is -0.303 e. The minimum absolute atomic E-state index is 0.0669. The number of hydrogen-bond donors (Lipinski definition) is 0. The Labute approximate surface area is 78.0 Å². The van der Waals surface area contributed by atoms with Gasteiger partial charge in [-0.15, -0.1) is 11.6 Å². The first-order chi connectivity index (χ1) is 5.86. The summed E-state index contributed by atoms with van der Waals surface area (Å²) in [5.74, 6) is 0.728. The third-order valence-electron chi connectivity index (χ3n) is 2.31. The summed E-state index contributed by atoms with van der Waals surface area (Å²) in [4.78, 5) is 12.5. The molecule has 0 saturated carbocycles. The first kappa shape index (κ1) is 9.93. The standard InChI is InChI=1S/C8H15ClN2O/c9-4-1-5-11-6-2-8(10-12)3-7-11/h8H,1-7H2. The highest BCUT2D eigenvalue weighted by Crippen LogP contribution is 2.13. The summed E-state index contributed by atoms with van der Waals surface area (Å²) in [7, 11) is 0. The van der Waals surface area contributed by atoms with E-state index in [0.717, 1.165) is 44.8 Å². The lowest BCUT2D eigenvalue weighted by molar-refractivity contribution is 0.214. The van der Waals surface area contributed by atoms with Gasteiger partial charge in [0, 0.05) is 19.0 Å². The first-order valence-electron chi connectivity index (χ1n) is 4.47. The molecule has 1 fully saturated rings. The maximum Gasteiger partial charge on any atom is 0.0944 e. The number of alkyl halides is 1. The monoisotopic (exact) mass is 190 g/mol. The van der Waals surface area contributed by atoms with Crippen LogP contribution in [0.4, 0.5) is 0 Å². The van der Waals surface area contributed by atoms with E-state index < -0.39 is 0 Å². The molecule has 0 spiro atoms. The quantitative estimate of drug-likeness (QED) is 0.501. The highest BCUT2D eigenvalue weighted by Gasteiger charge is 2.18. The van der Waals surface area contributed by atoms with Gasteiger partial charge < -0.3 is 4.90 Å². The summed E-state index contributed by atoms with van der Waals surface area (Å²) < 4.78 is 0. The number of nitrogens with zero attached hydrogens (tertiary/aromatic N) is 2. The topological polar surface area (TPSA) is 32.7 Å². The molecule has 1 saturated heterocycles. The van der Waals surface area contributed by atoms with Crippen LogP contribution in [-0.2, 0) is 0 Å². The molecule has 0 aromatic carbocycles. The molecule has 0 bridgehead atoms. The summed E-state index contributed by atoms with van der Waals surface area (Å²) in [5.41, 5.74) is 0. The fourth-order valence-electron chi connectivity index (χ4n) is 1.53.